The molecule has 2 aromatic heterocycles. The van der Waals surface area contributed by atoms with E-state index >= 15 is 4.39 Å². The van der Waals surface area contributed by atoms with Gasteiger partial charge in [0, 0.05) is 111 Å². The fourth-order valence-corrected chi connectivity index (χ4v) is 9.35. The lowest BCUT2D eigenvalue weighted by Crippen LogP contribution is -2.49. The fourth-order valence-electron chi connectivity index (χ4n) is 9.35. The number of hydrogen-bond acceptors (Lipinski definition) is 16. The number of aromatic nitrogens is 2. The van der Waals surface area contributed by atoms with Crippen molar-refractivity contribution in [3.8, 4) is 17.1 Å². The van der Waals surface area contributed by atoms with Crippen molar-refractivity contribution in [2.24, 2.45) is 0 Å². The Hall–Kier alpha value is -7.31. The van der Waals surface area contributed by atoms with Gasteiger partial charge in [0.1, 0.15) is 26.0 Å². The molecule has 1 aromatic carbocycles. The minimum absolute atomic E-state index is 0.00676. The maximum Gasteiger partial charge on any atom is 0.407 e. The van der Waals surface area contributed by atoms with E-state index in [4.69, 9.17) is 23.9 Å². The number of cyclic esters (lactones) is 1. The number of halogens is 1. The molecule has 77 heavy (non-hydrogen) atoms. The summed E-state index contributed by atoms with van der Waals surface area (Å²) in [6.45, 7) is 12.1. The topological polar surface area (TPSA) is 295 Å². The standard InChI is InChI=1S/C53H68FN9O14/c1-7-53(73)35-25-39-45-31(27-63(39)48(70)34(35)29-75-49(53)71)24-32-33-28-61(30-76-46(33)36(54)26-38(32)59-45)21-23-74-50(72)57-19-18-55-40(64)10-8-17-56-47(69)37(58-41(65)11-9-20-62-43(67)14-15-44(62)68)12-13-42(66)60-52(5,6)16-22-77-51(2,3)4/h14-15,24-26,37,73H,7-13,16-23,27-30H2,1-6H3,(H,55,64)(H,56,69)(H,57,72)(H,58,65)(H,60,66)/t37-,53-/m0/s1. The number of ether oxygens (including phenoxy) is 4. The van der Waals surface area contributed by atoms with Crippen LogP contribution in [-0.4, -0.2) is 142 Å². The molecule has 0 aliphatic carbocycles. The first kappa shape index (κ1) is 57.4. The van der Waals surface area contributed by atoms with E-state index < -0.39 is 64.2 Å². The van der Waals surface area contributed by atoms with Crippen LogP contribution in [0.5, 0.6) is 5.75 Å². The van der Waals surface area contributed by atoms with Crippen molar-refractivity contribution >= 4 is 58.4 Å². The maximum atomic E-state index is 15.5. The first-order valence-electron chi connectivity index (χ1n) is 25.9. The number of benzene rings is 1. The fraction of sp³-hybridized carbons (Fsp3) is 0.547. The molecular formula is C53H68FN9O14. The molecular weight excluding hydrogens is 1010 g/mol. The van der Waals surface area contributed by atoms with Crippen LogP contribution < -0.4 is 36.9 Å². The van der Waals surface area contributed by atoms with Gasteiger partial charge in [-0.05, 0) is 78.9 Å². The van der Waals surface area contributed by atoms with Gasteiger partial charge in [0.15, 0.2) is 17.2 Å². The number of pyridine rings is 2. The van der Waals surface area contributed by atoms with Gasteiger partial charge in [0.2, 0.25) is 23.6 Å². The summed E-state index contributed by atoms with van der Waals surface area (Å²) < 4.78 is 39.1. The average Bonchev–Trinajstić information content (AvgIpc) is 3.90. The highest BCUT2D eigenvalue weighted by Gasteiger charge is 2.45. The summed E-state index contributed by atoms with van der Waals surface area (Å²) in [4.78, 5) is 122. The summed E-state index contributed by atoms with van der Waals surface area (Å²) in [5, 5.41) is 25.4. The van der Waals surface area contributed by atoms with E-state index in [1.54, 1.807) is 13.0 Å². The van der Waals surface area contributed by atoms with Crippen molar-refractivity contribution in [1.82, 2.24) is 45.9 Å². The highest BCUT2D eigenvalue weighted by Crippen LogP contribution is 2.41. The Morgan fingerprint density at radius 1 is 0.844 bits per heavy atom. The zero-order chi connectivity index (χ0) is 55.8. The molecule has 3 aromatic rings. The Morgan fingerprint density at radius 2 is 1.57 bits per heavy atom. The second kappa shape index (κ2) is 24.3. The van der Waals surface area contributed by atoms with Crippen molar-refractivity contribution in [3.05, 3.63) is 68.8 Å². The number of nitrogens with zero attached hydrogens (tertiary/aromatic N) is 4. The molecule has 6 heterocycles. The number of esters is 1. The average molecular weight is 1070 g/mol. The van der Waals surface area contributed by atoms with E-state index in [1.807, 2.05) is 45.6 Å². The van der Waals surface area contributed by atoms with Crippen molar-refractivity contribution in [3.63, 3.8) is 0 Å². The van der Waals surface area contributed by atoms with Crippen LogP contribution in [0.15, 0.2) is 35.1 Å². The lowest BCUT2D eigenvalue weighted by molar-refractivity contribution is -0.172. The molecule has 0 saturated carbocycles. The summed E-state index contributed by atoms with van der Waals surface area (Å²) in [5.41, 5.74) is -0.657. The molecule has 4 aliphatic heterocycles. The smallest absolute Gasteiger partial charge is 0.407 e. The van der Waals surface area contributed by atoms with Crippen LogP contribution in [0.3, 0.4) is 0 Å². The Labute approximate surface area is 443 Å². The number of amides is 7. The van der Waals surface area contributed by atoms with Crippen LogP contribution in [0.25, 0.3) is 22.3 Å². The Bertz CT molecular complexity index is 2900. The van der Waals surface area contributed by atoms with Gasteiger partial charge >= 0.3 is 12.1 Å². The normalized spacial score (nSPS) is 17.1. The molecule has 416 valence electrons. The highest BCUT2D eigenvalue weighted by molar-refractivity contribution is 6.12. The number of aliphatic hydroxyl groups is 1. The van der Waals surface area contributed by atoms with E-state index in [0.717, 1.165) is 17.1 Å². The van der Waals surface area contributed by atoms with Crippen molar-refractivity contribution in [2.75, 3.05) is 52.7 Å². The largest absolute Gasteiger partial charge is 0.475 e. The first-order valence-corrected chi connectivity index (χ1v) is 25.9. The molecule has 0 spiro atoms. The van der Waals surface area contributed by atoms with Crippen LogP contribution >= 0.6 is 0 Å². The van der Waals surface area contributed by atoms with Crippen LogP contribution in [0.4, 0.5) is 9.18 Å². The van der Waals surface area contributed by atoms with Crippen LogP contribution in [0.1, 0.15) is 115 Å². The minimum atomic E-state index is -1.99. The lowest BCUT2D eigenvalue weighted by atomic mass is 9.86. The van der Waals surface area contributed by atoms with Gasteiger partial charge in [-0.1, -0.05) is 6.92 Å². The van der Waals surface area contributed by atoms with Crippen LogP contribution in [0.2, 0.25) is 0 Å². The highest BCUT2D eigenvalue weighted by atomic mass is 19.1. The van der Waals surface area contributed by atoms with E-state index in [1.165, 1.54) is 10.6 Å². The Balaban J connectivity index is 0.818. The minimum Gasteiger partial charge on any atom is -0.475 e. The zero-order valence-corrected chi connectivity index (χ0v) is 44.3. The molecule has 7 rings (SSSR count). The van der Waals surface area contributed by atoms with Crippen molar-refractivity contribution < 1.29 is 66.8 Å². The summed E-state index contributed by atoms with van der Waals surface area (Å²) in [7, 11) is 0. The zero-order valence-electron chi connectivity index (χ0n) is 44.3. The summed E-state index contributed by atoms with van der Waals surface area (Å²) in [5.74, 6) is -4.07. The number of nitrogens with one attached hydrogen (secondary N) is 5. The van der Waals surface area contributed by atoms with Gasteiger partial charge in [-0.25, -0.2) is 19.0 Å². The predicted molar refractivity (Wildman–Crippen MR) is 274 cm³/mol. The Morgan fingerprint density at radius 3 is 2.30 bits per heavy atom. The number of carbonyl (C=O) groups excluding carboxylic acids is 8. The van der Waals surface area contributed by atoms with Gasteiger partial charge in [0.05, 0.1) is 34.6 Å². The van der Waals surface area contributed by atoms with Crippen molar-refractivity contribution in [2.45, 2.75) is 135 Å². The number of carbonyl (C=O) groups is 8. The lowest BCUT2D eigenvalue weighted by Gasteiger charge is -2.31. The predicted octanol–water partition coefficient (Wildman–Crippen LogP) is 2.18. The second-order valence-electron chi connectivity index (χ2n) is 21.0. The van der Waals surface area contributed by atoms with E-state index in [2.05, 4.69) is 26.6 Å². The molecule has 24 heteroatoms. The maximum absolute atomic E-state index is 15.5. The van der Waals surface area contributed by atoms with Crippen LogP contribution in [-0.2, 0) is 73.1 Å². The van der Waals surface area contributed by atoms with Gasteiger partial charge in [-0.2, -0.15) is 0 Å². The van der Waals surface area contributed by atoms with E-state index in [-0.39, 0.29) is 145 Å². The molecule has 4 aliphatic rings. The van der Waals surface area contributed by atoms with Gasteiger partial charge in [0.25, 0.3) is 17.4 Å². The van der Waals surface area contributed by atoms with Gasteiger partial charge < -0.3 is 55.2 Å². The molecule has 23 nitrogen and oxygen atoms in total. The molecule has 6 N–H and O–H groups in total. The van der Waals surface area contributed by atoms with Crippen molar-refractivity contribution in [1.29, 1.82) is 0 Å². The summed E-state index contributed by atoms with van der Waals surface area (Å²) in [6, 6.07) is 3.59. The number of imide groups is 1. The molecule has 0 unspecified atom stereocenters. The van der Waals surface area contributed by atoms with Gasteiger partial charge in [-0.3, -0.25) is 43.4 Å². The number of rotatable bonds is 24. The number of fused-ring (bicyclic) bond motifs is 7. The monoisotopic (exact) mass is 1070 g/mol. The Kier molecular flexibility index (Phi) is 18.2. The molecule has 7 amide bonds. The second-order valence-corrected chi connectivity index (χ2v) is 21.0. The number of alkyl carbamates (subject to hydrolysis) is 1. The molecule has 0 fully saturated rings. The summed E-state index contributed by atoms with van der Waals surface area (Å²) in [6.07, 6.45) is 2.33. The SMILES string of the molecule is CC[C@@]1(O)C(=O)OCc2c1cc1n(c2=O)Cc2cc3c4c(c(F)cc3nc2-1)OCN(CCOC(=O)NCCNC(=O)CCCNC(=O)[C@H](CCC(=O)NC(C)(C)CCOC(C)(C)C)NC(=O)CCCN1C(=O)C=CC1=O)C4. The molecule has 2 atom stereocenters. The van der Waals surface area contributed by atoms with Crippen LogP contribution in [0, 0.1) is 5.82 Å². The van der Waals surface area contributed by atoms with E-state index in [0.29, 0.717) is 46.4 Å². The third-order valence-electron chi connectivity index (χ3n) is 13.6. The van der Waals surface area contributed by atoms with Gasteiger partial charge in [-0.15, -0.1) is 0 Å². The quantitative estimate of drug-likeness (QED) is 0.0333. The molecule has 0 bridgehead atoms. The molecule has 0 radical (unpaired) electrons. The summed E-state index contributed by atoms with van der Waals surface area (Å²) >= 11 is 0. The van der Waals surface area contributed by atoms with E-state index in [9.17, 15) is 48.3 Å². The third-order valence-corrected chi connectivity index (χ3v) is 13.6. The third kappa shape index (κ3) is 14.2. The molecule has 0 saturated heterocycles. The number of hydrogen-bond donors (Lipinski definition) is 6. The first-order chi connectivity index (χ1) is 36.5.